The van der Waals surface area contributed by atoms with E-state index < -0.39 is 14.6 Å². The van der Waals surface area contributed by atoms with Gasteiger partial charge in [0.05, 0.1) is 4.75 Å². The maximum Gasteiger partial charge on any atom is 0.154 e. The zero-order valence-corrected chi connectivity index (χ0v) is 14.6. The van der Waals surface area contributed by atoms with Gasteiger partial charge in [0.25, 0.3) is 0 Å². The van der Waals surface area contributed by atoms with E-state index in [-0.39, 0.29) is 5.41 Å². The fraction of sp³-hybridized carbons (Fsp3) is 0.647. The van der Waals surface area contributed by atoms with Crippen LogP contribution < -0.4 is 5.32 Å². The lowest BCUT2D eigenvalue weighted by Gasteiger charge is -2.37. The van der Waals surface area contributed by atoms with Gasteiger partial charge in [-0.2, -0.15) is 0 Å². The van der Waals surface area contributed by atoms with Gasteiger partial charge in [-0.05, 0) is 18.4 Å². The van der Waals surface area contributed by atoms with Crippen molar-refractivity contribution in [2.75, 3.05) is 32.6 Å². The molecule has 22 heavy (non-hydrogen) atoms. The number of hydrogen-bond donors (Lipinski definition) is 1. The van der Waals surface area contributed by atoms with Crippen molar-refractivity contribution < 1.29 is 13.2 Å². The molecule has 1 aromatic rings. The van der Waals surface area contributed by atoms with Crippen LogP contribution >= 0.6 is 0 Å². The van der Waals surface area contributed by atoms with Gasteiger partial charge in [0.1, 0.15) is 0 Å². The molecule has 0 amide bonds. The van der Waals surface area contributed by atoms with Crippen LogP contribution in [0.15, 0.2) is 30.3 Å². The second kappa shape index (κ2) is 6.69. The molecule has 4 nitrogen and oxygen atoms in total. The summed E-state index contributed by atoms with van der Waals surface area (Å²) in [5, 5.41) is 3.41. The lowest BCUT2D eigenvalue weighted by atomic mass is 9.84. The molecule has 0 spiro atoms. The quantitative estimate of drug-likeness (QED) is 0.871. The van der Waals surface area contributed by atoms with E-state index in [4.69, 9.17) is 4.74 Å². The number of hydrogen-bond acceptors (Lipinski definition) is 4. The SMILES string of the molecule is CC(C)(CNCC1(S(C)(=O)=O)CCOCC1)c1ccccc1. The van der Waals surface area contributed by atoms with Crippen LogP contribution in [0.25, 0.3) is 0 Å². The zero-order valence-electron chi connectivity index (χ0n) is 13.8. The van der Waals surface area contributed by atoms with E-state index in [0.29, 0.717) is 32.6 Å². The summed E-state index contributed by atoms with van der Waals surface area (Å²) in [4.78, 5) is 0. The maximum absolute atomic E-state index is 12.2. The fourth-order valence-corrected chi connectivity index (χ4v) is 4.29. The highest BCUT2D eigenvalue weighted by Crippen LogP contribution is 2.29. The molecule has 0 atom stereocenters. The van der Waals surface area contributed by atoms with Crippen molar-refractivity contribution in [2.45, 2.75) is 36.9 Å². The minimum atomic E-state index is -3.11. The average molecular weight is 325 g/mol. The summed E-state index contributed by atoms with van der Waals surface area (Å²) in [6.45, 7) is 6.63. The van der Waals surface area contributed by atoms with Gasteiger partial charge in [-0.3, -0.25) is 0 Å². The Bertz CT molecular complexity index is 575. The van der Waals surface area contributed by atoms with Crippen LogP contribution in [0.1, 0.15) is 32.3 Å². The van der Waals surface area contributed by atoms with Gasteiger partial charge >= 0.3 is 0 Å². The third-order valence-electron chi connectivity index (χ3n) is 4.76. The second-order valence-corrected chi connectivity index (χ2v) is 9.33. The Morgan fingerprint density at radius 1 is 1.18 bits per heavy atom. The fourth-order valence-electron chi connectivity index (χ4n) is 3.02. The van der Waals surface area contributed by atoms with Crippen molar-refractivity contribution in [3.63, 3.8) is 0 Å². The third kappa shape index (κ3) is 3.89. The summed E-state index contributed by atoms with van der Waals surface area (Å²) in [5.41, 5.74) is 1.22. The molecule has 1 aliphatic rings. The van der Waals surface area contributed by atoms with Crippen LogP contribution in [0, 0.1) is 0 Å². The monoisotopic (exact) mass is 325 g/mol. The lowest BCUT2D eigenvalue weighted by molar-refractivity contribution is 0.0742. The molecule has 0 saturated carbocycles. The molecule has 2 rings (SSSR count). The Kier molecular flexibility index (Phi) is 5.30. The molecule has 1 N–H and O–H groups in total. The predicted octanol–water partition coefficient (Wildman–Crippen LogP) is 2.15. The first-order valence-corrected chi connectivity index (χ1v) is 9.70. The topological polar surface area (TPSA) is 55.4 Å². The average Bonchev–Trinajstić information content (AvgIpc) is 2.48. The first-order valence-electron chi connectivity index (χ1n) is 7.81. The smallest absolute Gasteiger partial charge is 0.154 e. The highest BCUT2D eigenvalue weighted by atomic mass is 32.2. The molecular weight excluding hydrogens is 298 g/mol. The van der Waals surface area contributed by atoms with Crippen LogP contribution in [-0.2, 0) is 20.0 Å². The van der Waals surface area contributed by atoms with E-state index in [0.717, 1.165) is 6.54 Å². The van der Waals surface area contributed by atoms with Gasteiger partial charge in [0.2, 0.25) is 0 Å². The molecule has 1 saturated heterocycles. The molecular formula is C17H27NO3S. The van der Waals surface area contributed by atoms with Gasteiger partial charge in [-0.15, -0.1) is 0 Å². The van der Waals surface area contributed by atoms with Gasteiger partial charge in [-0.25, -0.2) is 8.42 Å². The number of nitrogens with one attached hydrogen (secondary N) is 1. The molecule has 0 radical (unpaired) electrons. The highest BCUT2D eigenvalue weighted by molar-refractivity contribution is 7.92. The normalized spacial score (nSPS) is 19.0. The second-order valence-electron chi connectivity index (χ2n) is 6.92. The molecule has 124 valence electrons. The van der Waals surface area contributed by atoms with Crippen molar-refractivity contribution in [1.29, 1.82) is 0 Å². The number of rotatable bonds is 6. The van der Waals surface area contributed by atoms with Crippen LogP contribution in [0.4, 0.5) is 0 Å². The van der Waals surface area contributed by atoms with Gasteiger partial charge in [-0.1, -0.05) is 44.2 Å². The molecule has 5 heteroatoms. The van der Waals surface area contributed by atoms with E-state index in [2.05, 4.69) is 31.3 Å². The van der Waals surface area contributed by atoms with Gasteiger partial charge in [0, 0.05) is 38.0 Å². The first kappa shape index (κ1) is 17.4. The van der Waals surface area contributed by atoms with Gasteiger partial charge < -0.3 is 10.1 Å². The molecule has 1 heterocycles. The van der Waals surface area contributed by atoms with Crippen molar-refractivity contribution in [3.05, 3.63) is 35.9 Å². The molecule has 0 aromatic heterocycles. The first-order chi connectivity index (χ1) is 10.3. The number of sulfone groups is 1. The number of ether oxygens (including phenoxy) is 1. The predicted molar refractivity (Wildman–Crippen MR) is 90.0 cm³/mol. The van der Waals surface area contributed by atoms with E-state index in [1.807, 2.05) is 18.2 Å². The summed E-state index contributed by atoms with van der Waals surface area (Å²) in [5.74, 6) is 0. The van der Waals surface area contributed by atoms with Crippen LogP contribution in [0.5, 0.6) is 0 Å². The van der Waals surface area contributed by atoms with Gasteiger partial charge in [0.15, 0.2) is 9.84 Å². The Hall–Kier alpha value is -0.910. The molecule has 1 aliphatic heterocycles. The minimum absolute atomic E-state index is 0.0366. The Balaban J connectivity index is 2.02. The molecule has 0 aliphatic carbocycles. The third-order valence-corrected chi connectivity index (χ3v) is 6.89. The Morgan fingerprint density at radius 2 is 1.77 bits per heavy atom. The number of benzene rings is 1. The zero-order chi connectivity index (χ0) is 16.3. The Morgan fingerprint density at radius 3 is 2.32 bits per heavy atom. The van der Waals surface area contributed by atoms with E-state index in [1.165, 1.54) is 11.8 Å². The molecule has 0 unspecified atom stereocenters. The standard InChI is InChI=1S/C17H27NO3S/c1-16(2,15-7-5-4-6-8-15)13-18-14-17(22(3,19)20)9-11-21-12-10-17/h4-8,18H,9-14H2,1-3H3. The van der Waals surface area contributed by atoms with E-state index in [9.17, 15) is 8.42 Å². The van der Waals surface area contributed by atoms with Crippen molar-refractivity contribution in [2.24, 2.45) is 0 Å². The minimum Gasteiger partial charge on any atom is -0.381 e. The van der Waals surface area contributed by atoms with Crippen molar-refractivity contribution >= 4 is 9.84 Å². The van der Waals surface area contributed by atoms with Crippen LogP contribution in [0.2, 0.25) is 0 Å². The van der Waals surface area contributed by atoms with Crippen LogP contribution in [-0.4, -0.2) is 45.7 Å². The highest BCUT2D eigenvalue weighted by Gasteiger charge is 2.42. The lowest BCUT2D eigenvalue weighted by Crippen LogP contribution is -2.52. The van der Waals surface area contributed by atoms with Crippen molar-refractivity contribution in [1.82, 2.24) is 5.32 Å². The van der Waals surface area contributed by atoms with Crippen molar-refractivity contribution in [3.8, 4) is 0 Å². The largest absolute Gasteiger partial charge is 0.381 e. The summed E-state index contributed by atoms with van der Waals surface area (Å²) >= 11 is 0. The summed E-state index contributed by atoms with van der Waals surface area (Å²) < 4.78 is 29.1. The van der Waals surface area contributed by atoms with Crippen LogP contribution in [0.3, 0.4) is 0 Å². The summed E-state index contributed by atoms with van der Waals surface area (Å²) in [6, 6.07) is 10.3. The molecule has 1 aromatic carbocycles. The summed E-state index contributed by atoms with van der Waals surface area (Å²) in [6.07, 6.45) is 2.50. The van der Waals surface area contributed by atoms with E-state index >= 15 is 0 Å². The Labute approximate surface area is 134 Å². The summed E-state index contributed by atoms with van der Waals surface area (Å²) in [7, 11) is -3.11. The van der Waals surface area contributed by atoms with E-state index in [1.54, 1.807) is 0 Å². The molecule has 1 fully saturated rings. The molecule has 0 bridgehead atoms. The maximum atomic E-state index is 12.2.